The van der Waals surface area contributed by atoms with Crippen LogP contribution in [0, 0.1) is 0 Å². The van der Waals surface area contributed by atoms with Crippen molar-refractivity contribution in [2.45, 2.75) is 31.9 Å². The summed E-state index contributed by atoms with van der Waals surface area (Å²) < 4.78 is 5.12. The Morgan fingerprint density at radius 3 is 2.52 bits per heavy atom. The van der Waals surface area contributed by atoms with Gasteiger partial charge in [0.2, 0.25) is 0 Å². The number of guanidine groups is 1. The maximum absolute atomic E-state index is 10.2. The number of nitrogens with one attached hydrogen (secondary N) is 2. The van der Waals surface area contributed by atoms with Crippen LogP contribution in [0.2, 0.25) is 0 Å². The van der Waals surface area contributed by atoms with Crippen LogP contribution in [0.5, 0.6) is 5.75 Å². The van der Waals surface area contributed by atoms with Crippen molar-refractivity contribution in [3.63, 3.8) is 0 Å². The normalized spacial score (nSPS) is 15.9. The number of methoxy groups -OCH3 is 1. The summed E-state index contributed by atoms with van der Waals surface area (Å²) in [5.41, 5.74) is 0.836. The fourth-order valence-corrected chi connectivity index (χ4v) is 2.36. The van der Waals surface area contributed by atoms with Crippen molar-refractivity contribution in [2.75, 3.05) is 20.2 Å². The van der Waals surface area contributed by atoms with Gasteiger partial charge in [0, 0.05) is 12.6 Å². The Kier molecular flexibility index (Phi) is 9.01. The van der Waals surface area contributed by atoms with Crippen molar-refractivity contribution in [2.24, 2.45) is 4.99 Å². The molecule has 1 aliphatic carbocycles. The molecule has 0 radical (unpaired) electrons. The predicted molar refractivity (Wildman–Crippen MR) is 105 cm³/mol. The molecule has 3 N–H and O–H groups in total. The van der Waals surface area contributed by atoms with Gasteiger partial charge >= 0.3 is 0 Å². The highest BCUT2D eigenvalue weighted by Crippen LogP contribution is 2.17. The number of aliphatic hydroxyl groups excluding tert-OH is 1. The molecule has 1 aliphatic rings. The number of aliphatic imine (C=N–C) groups is 1. The van der Waals surface area contributed by atoms with Crippen molar-refractivity contribution in [3.8, 4) is 5.75 Å². The maximum atomic E-state index is 10.2. The molecule has 0 fully saturated rings. The van der Waals surface area contributed by atoms with Crippen molar-refractivity contribution in [1.29, 1.82) is 0 Å². The summed E-state index contributed by atoms with van der Waals surface area (Å²) in [6.07, 6.45) is 5.76. The molecule has 1 aromatic carbocycles. The van der Waals surface area contributed by atoms with Gasteiger partial charge < -0.3 is 20.5 Å². The highest BCUT2D eigenvalue weighted by atomic mass is 127. The van der Waals surface area contributed by atoms with Crippen LogP contribution in [0.1, 0.15) is 31.4 Å². The lowest BCUT2D eigenvalue weighted by atomic mass is 10.1. The molecule has 0 aliphatic heterocycles. The fourth-order valence-electron chi connectivity index (χ4n) is 2.36. The zero-order valence-electron chi connectivity index (χ0n) is 13.7. The van der Waals surface area contributed by atoms with Crippen LogP contribution in [-0.4, -0.2) is 37.3 Å². The summed E-state index contributed by atoms with van der Waals surface area (Å²) in [5, 5.41) is 16.8. The summed E-state index contributed by atoms with van der Waals surface area (Å²) >= 11 is 0. The maximum Gasteiger partial charge on any atom is 0.191 e. The molecule has 0 spiro atoms. The van der Waals surface area contributed by atoms with Gasteiger partial charge in [-0.2, -0.15) is 0 Å². The van der Waals surface area contributed by atoms with Crippen LogP contribution in [0.4, 0.5) is 0 Å². The van der Waals surface area contributed by atoms with E-state index < -0.39 is 6.10 Å². The van der Waals surface area contributed by atoms with Crippen LogP contribution in [0.25, 0.3) is 0 Å². The summed E-state index contributed by atoms with van der Waals surface area (Å²) in [5.74, 6) is 1.53. The zero-order chi connectivity index (χ0) is 15.8. The van der Waals surface area contributed by atoms with Gasteiger partial charge in [-0.1, -0.05) is 24.3 Å². The second-order valence-electron chi connectivity index (χ2n) is 5.29. The van der Waals surface area contributed by atoms with Crippen LogP contribution in [0.3, 0.4) is 0 Å². The van der Waals surface area contributed by atoms with Crippen molar-refractivity contribution in [3.05, 3.63) is 42.0 Å². The van der Waals surface area contributed by atoms with E-state index in [0.717, 1.165) is 36.7 Å². The molecule has 0 amide bonds. The van der Waals surface area contributed by atoms with E-state index in [2.05, 4.69) is 27.8 Å². The molecule has 5 nitrogen and oxygen atoms in total. The highest BCUT2D eigenvalue weighted by molar-refractivity contribution is 14.0. The number of benzene rings is 1. The van der Waals surface area contributed by atoms with Gasteiger partial charge in [0.05, 0.1) is 19.8 Å². The van der Waals surface area contributed by atoms with E-state index in [-0.39, 0.29) is 24.0 Å². The van der Waals surface area contributed by atoms with Gasteiger partial charge in [-0.15, -0.1) is 24.0 Å². The number of hydrogen-bond acceptors (Lipinski definition) is 3. The molecule has 1 atom stereocenters. The third kappa shape index (κ3) is 6.39. The number of hydrogen-bond donors (Lipinski definition) is 3. The molecule has 0 heterocycles. The van der Waals surface area contributed by atoms with Crippen LogP contribution in [0.15, 0.2) is 41.4 Å². The second kappa shape index (κ2) is 10.5. The fraction of sp³-hybridized carbons (Fsp3) is 0.471. The topological polar surface area (TPSA) is 65.9 Å². The second-order valence-corrected chi connectivity index (χ2v) is 5.29. The average molecular weight is 431 g/mol. The van der Waals surface area contributed by atoms with Crippen molar-refractivity contribution in [1.82, 2.24) is 10.6 Å². The Morgan fingerprint density at radius 2 is 1.96 bits per heavy atom. The van der Waals surface area contributed by atoms with Gasteiger partial charge in [-0.3, -0.25) is 4.99 Å². The smallest absolute Gasteiger partial charge is 0.191 e. The van der Waals surface area contributed by atoms with E-state index >= 15 is 0 Å². The van der Waals surface area contributed by atoms with E-state index in [9.17, 15) is 5.11 Å². The molecular weight excluding hydrogens is 405 g/mol. The Hall–Kier alpha value is -1.28. The Labute approximate surface area is 155 Å². The lowest BCUT2D eigenvalue weighted by Gasteiger charge is -2.17. The molecule has 23 heavy (non-hydrogen) atoms. The van der Waals surface area contributed by atoms with Gasteiger partial charge in [0.15, 0.2) is 5.96 Å². The molecule has 128 valence electrons. The van der Waals surface area contributed by atoms with E-state index in [1.54, 1.807) is 7.11 Å². The van der Waals surface area contributed by atoms with E-state index in [1.807, 2.05) is 31.2 Å². The summed E-state index contributed by atoms with van der Waals surface area (Å²) in [6, 6.07) is 7.81. The van der Waals surface area contributed by atoms with Crippen molar-refractivity contribution < 1.29 is 9.84 Å². The standard InChI is InChI=1S/C17H25N3O2.HI/c1-3-18-17(20-14-6-4-5-7-14)19-12-16(21)13-8-10-15(22-2)11-9-13;/h4-5,8-11,14,16,21H,3,6-7,12H2,1-2H3,(H2,18,19,20);1H. The van der Waals surface area contributed by atoms with E-state index in [1.165, 1.54) is 0 Å². The van der Waals surface area contributed by atoms with Crippen LogP contribution < -0.4 is 15.4 Å². The summed E-state index contributed by atoms with van der Waals surface area (Å²) in [7, 11) is 1.63. The molecule has 2 rings (SSSR count). The van der Waals surface area contributed by atoms with Gasteiger partial charge in [-0.25, -0.2) is 0 Å². The van der Waals surface area contributed by atoms with Gasteiger partial charge in [-0.05, 0) is 37.5 Å². The summed E-state index contributed by atoms with van der Waals surface area (Å²) in [6.45, 7) is 3.15. The molecular formula is C17H26IN3O2. The zero-order valence-corrected chi connectivity index (χ0v) is 16.0. The monoisotopic (exact) mass is 431 g/mol. The predicted octanol–water partition coefficient (Wildman–Crippen LogP) is 2.62. The average Bonchev–Trinajstić information content (AvgIpc) is 3.05. The lowest BCUT2D eigenvalue weighted by molar-refractivity contribution is 0.187. The molecule has 1 aromatic rings. The van der Waals surface area contributed by atoms with Gasteiger partial charge in [0.25, 0.3) is 0 Å². The first-order valence-electron chi connectivity index (χ1n) is 7.74. The minimum atomic E-state index is -0.622. The minimum Gasteiger partial charge on any atom is -0.497 e. The molecule has 0 saturated heterocycles. The number of halogens is 1. The largest absolute Gasteiger partial charge is 0.497 e. The lowest BCUT2D eigenvalue weighted by Crippen LogP contribution is -2.42. The third-order valence-electron chi connectivity index (χ3n) is 3.62. The number of rotatable bonds is 6. The Balaban J connectivity index is 0.00000264. The third-order valence-corrected chi connectivity index (χ3v) is 3.62. The molecule has 0 bridgehead atoms. The molecule has 0 saturated carbocycles. The molecule has 6 heteroatoms. The van der Waals surface area contributed by atoms with E-state index in [4.69, 9.17) is 4.74 Å². The molecule has 1 unspecified atom stereocenters. The highest BCUT2D eigenvalue weighted by Gasteiger charge is 2.12. The molecule has 0 aromatic heterocycles. The first kappa shape index (κ1) is 19.8. The van der Waals surface area contributed by atoms with Gasteiger partial charge in [0.1, 0.15) is 5.75 Å². The Bertz CT molecular complexity index is 509. The Morgan fingerprint density at radius 1 is 1.30 bits per heavy atom. The SMILES string of the molecule is CCNC(=NCC(O)c1ccc(OC)cc1)NC1CC=CC1.I. The number of aliphatic hydroxyl groups is 1. The minimum absolute atomic E-state index is 0. The first-order chi connectivity index (χ1) is 10.7. The number of nitrogens with zero attached hydrogens (tertiary/aromatic N) is 1. The van der Waals surface area contributed by atoms with E-state index in [0.29, 0.717) is 12.6 Å². The van der Waals surface area contributed by atoms with Crippen LogP contribution in [-0.2, 0) is 0 Å². The number of ether oxygens (including phenoxy) is 1. The first-order valence-corrected chi connectivity index (χ1v) is 7.74. The summed E-state index contributed by atoms with van der Waals surface area (Å²) in [4.78, 5) is 4.48. The van der Waals surface area contributed by atoms with Crippen molar-refractivity contribution >= 4 is 29.9 Å². The quantitative estimate of drug-likeness (QED) is 0.281. The van der Waals surface area contributed by atoms with Crippen LogP contribution >= 0.6 is 24.0 Å².